The van der Waals surface area contributed by atoms with Crippen LogP contribution in [0.25, 0.3) is 27.8 Å². The van der Waals surface area contributed by atoms with Crippen molar-refractivity contribution < 1.29 is 4.39 Å². The topological polar surface area (TPSA) is 95.6 Å². The van der Waals surface area contributed by atoms with E-state index < -0.39 is 5.82 Å². The van der Waals surface area contributed by atoms with Crippen LogP contribution in [0.3, 0.4) is 0 Å². The average molecular weight is 387 g/mol. The van der Waals surface area contributed by atoms with Gasteiger partial charge in [0.05, 0.1) is 17.3 Å². The van der Waals surface area contributed by atoms with Gasteiger partial charge in [0.25, 0.3) is 0 Å². The van der Waals surface area contributed by atoms with E-state index in [9.17, 15) is 9.65 Å². The summed E-state index contributed by atoms with van der Waals surface area (Å²) in [5.74, 6) is -0.424. The second kappa shape index (κ2) is 6.44. The second-order valence-electron chi connectivity index (χ2n) is 5.90. The molecule has 0 unspecified atom stereocenters. The molecule has 0 aliphatic rings. The van der Waals surface area contributed by atoms with Gasteiger partial charge in [-0.2, -0.15) is 10.4 Å². The molecule has 134 valence electrons. The van der Waals surface area contributed by atoms with Gasteiger partial charge in [-0.05, 0) is 18.2 Å². The molecule has 7 nitrogen and oxygen atoms in total. The first-order valence-electron chi connectivity index (χ1n) is 8.23. The third-order valence-corrected chi connectivity index (χ3v) is 5.27. The first-order chi connectivity index (χ1) is 13.7. The highest BCUT2D eigenvalue weighted by Gasteiger charge is 2.17. The number of fused-ring (bicyclic) bond motifs is 2. The number of aromatic amines is 1. The van der Waals surface area contributed by atoms with Crippen LogP contribution in [-0.4, -0.2) is 29.5 Å². The second-order valence-corrected chi connectivity index (χ2v) is 6.94. The molecule has 1 N–H and O–H groups in total. The van der Waals surface area contributed by atoms with Crippen LogP contribution in [0.15, 0.2) is 65.3 Å². The number of pyridine rings is 2. The Balaban J connectivity index is 1.74. The molecule has 0 amide bonds. The van der Waals surface area contributed by atoms with Crippen LogP contribution >= 0.6 is 11.8 Å². The van der Waals surface area contributed by atoms with E-state index in [4.69, 9.17) is 0 Å². The normalized spacial score (nSPS) is 11.1. The van der Waals surface area contributed by atoms with E-state index in [0.717, 1.165) is 28.4 Å². The first-order valence-corrected chi connectivity index (χ1v) is 9.04. The summed E-state index contributed by atoms with van der Waals surface area (Å²) in [5.41, 5.74) is 4.04. The zero-order chi connectivity index (χ0) is 19.1. The molecule has 0 aliphatic carbocycles. The summed E-state index contributed by atoms with van der Waals surface area (Å²) in [6.45, 7) is 0. The van der Waals surface area contributed by atoms with E-state index in [0.29, 0.717) is 21.6 Å². The van der Waals surface area contributed by atoms with E-state index in [1.807, 2.05) is 18.5 Å². The molecule has 0 spiro atoms. The third-order valence-electron chi connectivity index (χ3n) is 4.25. The van der Waals surface area contributed by atoms with E-state index in [1.54, 1.807) is 16.9 Å². The molecular formula is C19H10FN7S. The fraction of sp³-hybridized carbons (Fsp3) is 0. The Morgan fingerprint density at radius 1 is 1.18 bits per heavy atom. The fourth-order valence-electron chi connectivity index (χ4n) is 3.01. The molecule has 5 rings (SSSR count). The van der Waals surface area contributed by atoms with E-state index in [-0.39, 0.29) is 5.03 Å². The van der Waals surface area contributed by atoms with Crippen molar-refractivity contribution in [2.75, 3.05) is 0 Å². The number of nitrogens with zero attached hydrogens (tertiary/aromatic N) is 6. The van der Waals surface area contributed by atoms with Crippen LogP contribution in [-0.2, 0) is 0 Å². The molecule has 9 heteroatoms. The predicted octanol–water partition coefficient (Wildman–Crippen LogP) is 3.83. The van der Waals surface area contributed by atoms with Crippen molar-refractivity contribution in [2.24, 2.45) is 0 Å². The lowest BCUT2D eigenvalue weighted by atomic mass is 10.1. The van der Waals surface area contributed by atoms with Gasteiger partial charge in [-0.3, -0.25) is 4.98 Å². The number of nitrogens with one attached hydrogen (secondary N) is 1. The van der Waals surface area contributed by atoms with Crippen molar-refractivity contribution in [3.05, 3.63) is 66.8 Å². The highest BCUT2D eigenvalue weighted by molar-refractivity contribution is 7.99. The summed E-state index contributed by atoms with van der Waals surface area (Å²) < 4.78 is 15.8. The molecule has 5 heterocycles. The van der Waals surface area contributed by atoms with Crippen LogP contribution in [0.5, 0.6) is 0 Å². The van der Waals surface area contributed by atoms with E-state index in [2.05, 4.69) is 31.1 Å². The van der Waals surface area contributed by atoms with Crippen LogP contribution in [0.4, 0.5) is 4.39 Å². The standard InChI is InChI=1S/C19H10FN7S/c20-14-2-1-3-24-19(14)28-15-6-11(10-27-17(15)12(7-21)8-26-27)13-9-25-18-16(13)22-4-5-23-18/h1-6,8-10H,(H,23,25). The number of hydrogen-bond acceptors (Lipinski definition) is 6. The van der Waals surface area contributed by atoms with Gasteiger partial charge in [0, 0.05) is 47.0 Å². The predicted molar refractivity (Wildman–Crippen MR) is 101 cm³/mol. The smallest absolute Gasteiger partial charge is 0.156 e. The number of rotatable bonds is 3. The lowest BCUT2D eigenvalue weighted by molar-refractivity contribution is 0.588. The molecule has 5 aromatic rings. The summed E-state index contributed by atoms with van der Waals surface area (Å²) in [6, 6.07) is 6.91. The van der Waals surface area contributed by atoms with Gasteiger partial charge in [-0.25, -0.2) is 18.9 Å². The minimum absolute atomic E-state index is 0.227. The number of aromatic nitrogens is 6. The average Bonchev–Trinajstić information content (AvgIpc) is 3.33. The summed E-state index contributed by atoms with van der Waals surface area (Å²) >= 11 is 1.15. The number of nitriles is 1. The van der Waals surface area contributed by atoms with Crippen molar-refractivity contribution in [1.29, 1.82) is 5.26 Å². The number of halogens is 1. The molecule has 28 heavy (non-hydrogen) atoms. The van der Waals surface area contributed by atoms with Gasteiger partial charge in [0.2, 0.25) is 0 Å². The molecule has 0 atom stereocenters. The van der Waals surface area contributed by atoms with Crippen LogP contribution < -0.4 is 0 Å². The van der Waals surface area contributed by atoms with Crippen LogP contribution in [0.1, 0.15) is 5.56 Å². The summed E-state index contributed by atoms with van der Waals surface area (Å²) in [6.07, 6.45) is 9.89. The monoisotopic (exact) mass is 387 g/mol. The Bertz CT molecular complexity index is 1380. The summed E-state index contributed by atoms with van der Waals surface area (Å²) in [7, 11) is 0. The quantitative estimate of drug-likeness (QED) is 0.505. The lowest BCUT2D eigenvalue weighted by Gasteiger charge is -2.08. The van der Waals surface area contributed by atoms with Crippen molar-refractivity contribution in [2.45, 2.75) is 9.92 Å². The third kappa shape index (κ3) is 2.59. The molecule has 5 aromatic heterocycles. The Kier molecular flexibility index (Phi) is 3.77. The SMILES string of the molecule is N#Cc1cnn2cc(-c3c[nH]c4nccnc34)cc(Sc3ncccc3F)c12. The van der Waals surface area contributed by atoms with Crippen LogP contribution in [0.2, 0.25) is 0 Å². The Hall–Kier alpha value is -3.77. The molecule has 0 aromatic carbocycles. The minimum atomic E-state index is -0.424. The lowest BCUT2D eigenvalue weighted by Crippen LogP contribution is -1.93. The molecule has 0 fully saturated rings. The Labute approximate surface area is 161 Å². The van der Waals surface area contributed by atoms with Crippen molar-refractivity contribution in [3.8, 4) is 17.2 Å². The summed E-state index contributed by atoms with van der Waals surface area (Å²) in [4.78, 5) is 16.5. The Morgan fingerprint density at radius 3 is 2.93 bits per heavy atom. The molecule has 0 saturated heterocycles. The molecular weight excluding hydrogens is 377 g/mol. The highest BCUT2D eigenvalue weighted by Crippen LogP contribution is 2.36. The maximum atomic E-state index is 14.2. The number of hydrogen-bond donors (Lipinski definition) is 1. The molecule has 0 saturated carbocycles. The van der Waals surface area contributed by atoms with Gasteiger partial charge in [0.1, 0.15) is 16.6 Å². The van der Waals surface area contributed by atoms with E-state index >= 15 is 0 Å². The largest absolute Gasteiger partial charge is 0.344 e. The van der Waals surface area contributed by atoms with Gasteiger partial charge in [-0.15, -0.1) is 0 Å². The first kappa shape index (κ1) is 16.4. The number of H-pyrrole nitrogens is 1. The van der Waals surface area contributed by atoms with Gasteiger partial charge in [-0.1, -0.05) is 11.8 Å². The molecule has 0 bridgehead atoms. The van der Waals surface area contributed by atoms with Gasteiger partial charge >= 0.3 is 0 Å². The highest BCUT2D eigenvalue weighted by atomic mass is 32.2. The van der Waals surface area contributed by atoms with Crippen molar-refractivity contribution in [1.82, 2.24) is 29.5 Å². The Morgan fingerprint density at radius 2 is 2.07 bits per heavy atom. The van der Waals surface area contributed by atoms with Crippen LogP contribution in [0, 0.1) is 17.1 Å². The fourth-order valence-corrected chi connectivity index (χ4v) is 3.98. The maximum Gasteiger partial charge on any atom is 0.156 e. The van der Waals surface area contributed by atoms with Gasteiger partial charge < -0.3 is 4.98 Å². The zero-order valence-electron chi connectivity index (χ0n) is 14.2. The van der Waals surface area contributed by atoms with E-state index in [1.165, 1.54) is 24.5 Å². The molecule has 0 aliphatic heterocycles. The maximum absolute atomic E-state index is 14.2. The van der Waals surface area contributed by atoms with Crippen molar-refractivity contribution >= 4 is 28.4 Å². The van der Waals surface area contributed by atoms with Gasteiger partial charge in [0.15, 0.2) is 11.5 Å². The van der Waals surface area contributed by atoms with Crippen molar-refractivity contribution in [3.63, 3.8) is 0 Å². The molecule has 0 radical (unpaired) electrons. The minimum Gasteiger partial charge on any atom is -0.344 e. The summed E-state index contributed by atoms with van der Waals surface area (Å²) in [5, 5.41) is 14.0. The zero-order valence-corrected chi connectivity index (χ0v) is 15.0.